The van der Waals surface area contributed by atoms with E-state index in [1.807, 2.05) is 54.6 Å². The number of hydrogen-bond acceptors (Lipinski definition) is 2. The number of hydrogen-bond donors (Lipinski definition) is 0. The van der Waals surface area contributed by atoms with Crippen molar-refractivity contribution in [1.29, 1.82) is 5.26 Å². The first-order valence-corrected chi connectivity index (χ1v) is 12.5. The van der Waals surface area contributed by atoms with Crippen molar-refractivity contribution < 1.29 is 4.43 Å². The van der Waals surface area contributed by atoms with Gasteiger partial charge in [0, 0.05) is 5.56 Å². The normalized spacial score (nSPS) is 13.9. The maximum Gasteiger partial charge on any atom is 0.251 e. The third-order valence-electron chi connectivity index (χ3n) is 6.03. The number of nitrogens with zero attached hydrogens (tertiary/aromatic N) is 1. The van der Waals surface area contributed by atoms with E-state index < -0.39 is 8.32 Å². The lowest BCUT2D eigenvalue weighted by atomic mass is 9.98. The molecule has 3 heteroatoms. The fourth-order valence-corrected chi connectivity index (χ4v) is 5.30. The molecule has 0 fully saturated rings. The maximum absolute atomic E-state index is 9.78. The molecule has 0 radical (unpaired) electrons. The molecule has 27 heavy (non-hydrogen) atoms. The number of rotatable bonds is 7. The molecule has 2 nitrogen and oxygen atoms in total. The van der Waals surface area contributed by atoms with Gasteiger partial charge in [-0.25, -0.2) is 0 Å². The van der Waals surface area contributed by atoms with Crippen LogP contribution in [0, 0.1) is 17.2 Å². The van der Waals surface area contributed by atoms with Crippen molar-refractivity contribution >= 4 is 14.1 Å². The molecule has 0 saturated carbocycles. The molecule has 0 aromatic heterocycles. The predicted octanol–water partition coefficient (Wildman–Crippen LogP) is 6.99. The van der Waals surface area contributed by atoms with Crippen LogP contribution in [0.5, 0.6) is 0 Å². The molecule has 0 amide bonds. The molecule has 0 N–H and O–H groups in total. The second kappa shape index (κ2) is 8.58. The van der Waals surface area contributed by atoms with Crippen molar-refractivity contribution in [3.05, 3.63) is 77.9 Å². The first-order chi connectivity index (χ1) is 12.7. The van der Waals surface area contributed by atoms with Gasteiger partial charge in [0.1, 0.15) is 5.76 Å². The van der Waals surface area contributed by atoms with Crippen molar-refractivity contribution in [2.75, 3.05) is 0 Å². The highest BCUT2D eigenvalue weighted by Crippen LogP contribution is 2.46. The first kappa shape index (κ1) is 21.0. The lowest BCUT2D eigenvalue weighted by Crippen LogP contribution is -2.44. The summed E-state index contributed by atoms with van der Waals surface area (Å²) in [5, 5.41) is 9.88. The molecular formula is C24H31NOSi. The quantitative estimate of drug-likeness (QED) is 0.384. The summed E-state index contributed by atoms with van der Waals surface area (Å²) in [6.07, 6.45) is 1.98. The number of allylic oxidation sites excluding steroid dienone is 1. The maximum atomic E-state index is 9.78. The minimum Gasteiger partial charge on any atom is -0.543 e. The molecule has 2 aromatic rings. The van der Waals surface area contributed by atoms with Gasteiger partial charge < -0.3 is 4.43 Å². The average molecular weight is 378 g/mol. The predicted molar refractivity (Wildman–Crippen MR) is 117 cm³/mol. The monoisotopic (exact) mass is 377 g/mol. The molecule has 0 spiro atoms. The van der Waals surface area contributed by atoms with Gasteiger partial charge in [-0.2, -0.15) is 5.26 Å². The van der Waals surface area contributed by atoms with Crippen LogP contribution < -0.4 is 0 Å². The summed E-state index contributed by atoms with van der Waals surface area (Å²) in [5.74, 6) is 0.988. The van der Waals surface area contributed by atoms with Crippen LogP contribution in [0.1, 0.15) is 44.7 Å². The van der Waals surface area contributed by atoms with Crippen molar-refractivity contribution in [2.24, 2.45) is 5.92 Å². The largest absolute Gasteiger partial charge is 0.543 e. The van der Waals surface area contributed by atoms with E-state index in [4.69, 9.17) is 4.43 Å². The number of nitriles is 1. The third kappa shape index (κ3) is 4.90. The summed E-state index contributed by atoms with van der Waals surface area (Å²) >= 11 is 0. The van der Waals surface area contributed by atoms with Gasteiger partial charge in [0.25, 0.3) is 8.32 Å². The second-order valence-electron chi connectivity index (χ2n) is 8.40. The highest BCUT2D eigenvalue weighted by atomic mass is 28.4. The zero-order valence-corrected chi connectivity index (χ0v) is 18.4. The van der Waals surface area contributed by atoms with Crippen LogP contribution in [-0.2, 0) is 4.43 Å². The second-order valence-corrected chi connectivity index (χ2v) is 12.9. The Balaban J connectivity index is 2.49. The van der Waals surface area contributed by atoms with Crippen LogP contribution in [0.2, 0.25) is 18.1 Å². The van der Waals surface area contributed by atoms with E-state index in [1.54, 1.807) is 0 Å². The van der Waals surface area contributed by atoms with Crippen molar-refractivity contribution in [1.82, 2.24) is 0 Å². The Morgan fingerprint density at radius 2 is 1.52 bits per heavy atom. The Kier molecular flexibility index (Phi) is 6.67. The summed E-state index contributed by atoms with van der Waals surface area (Å²) in [7, 11) is -2.10. The van der Waals surface area contributed by atoms with E-state index in [9.17, 15) is 5.26 Å². The van der Waals surface area contributed by atoms with Gasteiger partial charge in [-0.15, -0.1) is 0 Å². The lowest BCUT2D eigenvalue weighted by molar-refractivity contribution is 0.377. The van der Waals surface area contributed by atoms with Crippen molar-refractivity contribution in [3.8, 4) is 6.07 Å². The Labute approximate surface area is 165 Å². The summed E-state index contributed by atoms with van der Waals surface area (Å²) < 4.78 is 6.75. The minimum atomic E-state index is -2.10. The fraction of sp³-hybridized carbons (Fsp3) is 0.375. The minimum absolute atomic E-state index is 0.0930. The first-order valence-electron chi connectivity index (χ1n) is 9.60. The summed E-state index contributed by atoms with van der Waals surface area (Å²) in [6.45, 7) is 13.6. The van der Waals surface area contributed by atoms with Crippen molar-refractivity contribution in [3.63, 3.8) is 0 Å². The van der Waals surface area contributed by atoms with Crippen LogP contribution in [0.15, 0.2) is 66.7 Å². The molecule has 1 atom stereocenters. The van der Waals surface area contributed by atoms with Crippen LogP contribution in [0.25, 0.3) is 5.76 Å². The highest BCUT2D eigenvalue weighted by molar-refractivity contribution is 6.75. The number of benzene rings is 2. The summed E-state index contributed by atoms with van der Waals surface area (Å²) in [4.78, 5) is 0. The molecule has 0 saturated heterocycles. The van der Waals surface area contributed by atoms with Gasteiger partial charge >= 0.3 is 0 Å². The van der Waals surface area contributed by atoms with E-state index in [-0.39, 0.29) is 11.0 Å². The van der Waals surface area contributed by atoms with E-state index in [0.29, 0.717) is 5.92 Å². The molecule has 2 rings (SSSR count). The topological polar surface area (TPSA) is 33.0 Å². The molecule has 0 heterocycles. The molecule has 0 aliphatic rings. The van der Waals surface area contributed by atoms with E-state index in [1.165, 1.54) is 0 Å². The van der Waals surface area contributed by atoms with Crippen LogP contribution in [0.3, 0.4) is 0 Å². The molecule has 0 aliphatic carbocycles. The van der Waals surface area contributed by atoms with Gasteiger partial charge in [0.05, 0.1) is 12.0 Å². The molecule has 142 valence electrons. The Morgan fingerprint density at radius 3 is 2.00 bits per heavy atom. The van der Waals surface area contributed by atoms with Gasteiger partial charge in [-0.05, 0) is 35.7 Å². The fourth-order valence-electron chi connectivity index (χ4n) is 2.91. The van der Waals surface area contributed by atoms with Gasteiger partial charge in [0.2, 0.25) is 0 Å². The highest BCUT2D eigenvalue weighted by Gasteiger charge is 2.45. The van der Waals surface area contributed by atoms with E-state index >= 15 is 0 Å². The van der Waals surface area contributed by atoms with Crippen molar-refractivity contribution in [2.45, 2.75) is 51.7 Å². The van der Waals surface area contributed by atoms with Crippen LogP contribution >= 0.6 is 0 Å². The standard InChI is InChI=1S/C24H31NOSi/c1-19(2)24(3,4)27(5,6)26-23(21-15-11-8-12-16-21)17-22(18-25)20-13-9-7-10-14-20/h7-17,19,22H,1-6H3/b23-17+/t22-/m0/s1. The molecule has 0 unspecified atom stereocenters. The average Bonchev–Trinajstić information content (AvgIpc) is 2.66. The Bertz CT molecular complexity index is 801. The van der Waals surface area contributed by atoms with E-state index in [0.717, 1.165) is 16.9 Å². The summed E-state index contributed by atoms with van der Waals surface area (Å²) in [6, 6.07) is 22.5. The van der Waals surface area contributed by atoms with Gasteiger partial charge in [-0.1, -0.05) is 88.4 Å². The Morgan fingerprint density at radius 1 is 1.00 bits per heavy atom. The summed E-state index contributed by atoms with van der Waals surface area (Å²) in [5.41, 5.74) is 2.01. The van der Waals surface area contributed by atoms with Crippen LogP contribution in [0.4, 0.5) is 0 Å². The molecule has 0 aliphatic heterocycles. The smallest absolute Gasteiger partial charge is 0.251 e. The Hall–Kier alpha value is -2.31. The molecule has 0 bridgehead atoms. The zero-order chi connectivity index (χ0) is 20.1. The lowest BCUT2D eigenvalue weighted by Gasteiger charge is -2.43. The third-order valence-corrected chi connectivity index (χ3v) is 10.4. The molecule has 2 aromatic carbocycles. The SMILES string of the molecule is CC(C)C(C)(C)[Si](C)(C)O/C(=C/[C@@H](C#N)c1ccccc1)c1ccccc1. The zero-order valence-electron chi connectivity index (χ0n) is 17.4. The van der Waals surface area contributed by atoms with E-state index in [2.05, 4.69) is 59.0 Å². The van der Waals surface area contributed by atoms with Gasteiger partial charge in [0.15, 0.2) is 0 Å². The molecular weight excluding hydrogens is 346 g/mol. The van der Waals surface area contributed by atoms with Crippen LogP contribution in [-0.4, -0.2) is 8.32 Å². The van der Waals surface area contributed by atoms with Gasteiger partial charge in [-0.3, -0.25) is 0 Å².